The molecule has 5 heteroatoms. The van der Waals surface area contributed by atoms with Crippen LogP contribution in [0.25, 0.3) is 0 Å². The number of nitrogens with one attached hydrogen (secondary N) is 1. The van der Waals surface area contributed by atoms with Crippen molar-refractivity contribution in [1.29, 1.82) is 0 Å². The molecule has 0 atom stereocenters. The Morgan fingerprint density at radius 2 is 2.05 bits per heavy atom. The van der Waals surface area contributed by atoms with E-state index in [1.54, 1.807) is 4.90 Å². The SMILES string of the molecule is CC1CCN(C(=O)CNC(=O)c2cccc(F)c2)CC1. The summed E-state index contributed by atoms with van der Waals surface area (Å²) < 4.78 is 13.0. The summed E-state index contributed by atoms with van der Waals surface area (Å²) in [6.45, 7) is 3.63. The first-order valence-electron chi connectivity index (χ1n) is 6.88. The minimum Gasteiger partial charge on any atom is -0.343 e. The van der Waals surface area contributed by atoms with Crippen LogP contribution in [0.2, 0.25) is 0 Å². The van der Waals surface area contributed by atoms with Crippen LogP contribution >= 0.6 is 0 Å². The van der Waals surface area contributed by atoms with E-state index in [2.05, 4.69) is 12.2 Å². The maximum atomic E-state index is 13.0. The number of halogens is 1. The summed E-state index contributed by atoms with van der Waals surface area (Å²) in [5.74, 6) is -0.320. The van der Waals surface area contributed by atoms with Crippen LogP contribution in [0.5, 0.6) is 0 Å². The lowest BCUT2D eigenvalue weighted by atomic mass is 9.99. The molecular weight excluding hydrogens is 259 g/mol. The zero-order valence-corrected chi connectivity index (χ0v) is 11.6. The second kappa shape index (κ2) is 6.50. The summed E-state index contributed by atoms with van der Waals surface area (Å²) in [6, 6.07) is 5.42. The smallest absolute Gasteiger partial charge is 0.251 e. The van der Waals surface area contributed by atoms with Gasteiger partial charge in [-0.25, -0.2) is 4.39 Å². The summed E-state index contributed by atoms with van der Waals surface area (Å²) in [7, 11) is 0. The third kappa shape index (κ3) is 3.79. The van der Waals surface area contributed by atoms with E-state index in [1.165, 1.54) is 18.2 Å². The van der Waals surface area contributed by atoms with E-state index in [4.69, 9.17) is 0 Å². The van der Waals surface area contributed by atoms with Crippen molar-refractivity contribution < 1.29 is 14.0 Å². The van der Waals surface area contributed by atoms with Gasteiger partial charge in [-0.05, 0) is 37.0 Å². The molecule has 1 aliphatic heterocycles. The van der Waals surface area contributed by atoms with E-state index in [0.717, 1.165) is 32.0 Å². The number of likely N-dealkylation sites (tertiary alicyclic amines) is 1. The quantitative estimate of drug-likeness (QED) is 0.916. The van der Waals surface area contributed by atoms with Crippen molar-refractivity contribution in [1.82, 2.24) is 10.2 Å². The monoisotopic (exact) mass is 278 g/mol. The molecule has 1 heterocycles. The van der Waals surface area contributed by atoms with Crippen molar-refractivity contribution in [2.24, 2.45) is 5.92 Å². The van der Waals surface area contributed by atoms with Crippen LogP contribution in [0.1, 0.15) is 30.1 Å². The molecule has 0 saturated carbocycles. The Morgan fingerprint density at radius 1 is 1.35 bits per heavy atom. The molecule has 1 aromatic carbocycles. The van der Waals surface area contributed by atoms with E-state index < -0.39 is 11.7 Å². The molecule has 2 rings (SSSR count). The van der Waals surface area contributed by atoms with Crippen LogP contribution in [0.15, 0.2) is 24.3 Å². The molecule has 0 unspecified atom stereocenters. The molecule has 20 heavy (non-hydrogen) atoms. The summed E-state index contributed by atoms with van der Waals surface area (Å²) in [4.78, 5) is 25.5. The number of carbonyl (C=O) groups excluding carboxylic acids is 2. The molecular formula is C15H19FN2O2. The van der Waals surface area contributed by atoms with Crippen LogP contribution < -0.4 is 5.32 Å². The highest BCUT2D eigenvalue weighted by atomic mass is 19.1. The zero-order valence-electron chi connectivity index (χ0n) is 11.6. The van der Waals surface area contributed by atoms with E-state index in [-0.39, 0.29) is 18.0 Å². The first-order valence-corrected chi connectivity index (χ1v) is 6.88. The van der Waals surface area contributed by atoms with Crippen molar-refractivity contribution in [3.63, 3.8) is 0 Å². The fourth-order valence-corrected chi connectivity index (χ4v) is 2.26. The molecule has 0 aliphatic carbocycles. The Bertz CT molecular complexity index is 496. The summed E-state index contributed by atoms with van der Waals surface area (Å²) >= 11 is 0. The lowest BCUT2D eigenvalue weighted by Crippen LogP contribution is -2.43. The molecule has 0 aromatic heterocycles. The number of nitrogens with zero attached hydrogens (tertiary/aromatic N) is 1. The van der Waals surface area contributed by atoms with Gasteiger partial charge < -0.3 is 10.2 Å². The van der Waals surface area contributed by atoms with Crippen molar-refractivity contribution in [3.05, 3.63) is 35.6 Å². The maximum absolute atomic E-state index is 13.0. The van der Waals surface area contributed by atoms with Gasteiger partial charge in [0.25, 0.3) is 5.91 Å². The van der Waals surface area contributed by atoms with Gasteiger partial charge >= 0.3 is 0 Å². The molecule has 0 bridgehead atoms. The van der Waals surface area contributed by atoms with Crippen LogP contribution in [0.3, 0.4) is 0 Å². The minimum absolute atomic E-state index is 0.0380. The first kappa shape index (κ1) is 14.5. The standard InChI is InChI=1S/C15H19FN2O2/c1-11-5-7-18(8-6-11)14(19)10-17-15(20)12-3-2-4-13(16)9-12/h2-4,9,11H,5-8,10H2,1H3,(H,17,20). The summed E-state index contributed by atoms with van der Waals surface area (Å²) in [6.07, 6.45) is 2.01. The highest BCUT2D eigenvalue weighted by molar-refractivity contribution is 5.96. The lowest BCUT2D eigenvalue weighted by molar-refractivity contribution is -0.131. The van der Waals surface area contributed by atoms with Gasteiger partial charge in [0.2, 0.25) is 5.91 Å². The van der Waals surface area contributed by atoms with Gasteiger partial charge in [-0.2, -0.15) is 0 Å². The van der Waals surface area contributed by atoms with Crippen LogP contribution in [0, 0.1) is 11.7 Å². The molecule has 0 spiro atoms. The molecule has 108 valence electrons. The molecule has 1 N–H and O–H groups in total. The molecule has 1 aromatic rings. The summed E-state index contributed by atoms with van der Waals surface area (Å²) in [5.41, 5.74) is 0.227. The number of rotatable bonds is 3. The van der Waals surface area contributed by atoms with Gasteiger partial charge in [0.15, 0.2) is 0 Å². The molecule has 4 nitrogen and oxygen atoms in total. The van der Waals surface area contributed by atoms with E-state index in [9.17, 15) is 14.0 Å². The number of benzene rings is 1. The number of hydrogen-bond acceptors (Lipinski definition) is 2. The normalized spacial score (nSPS) is 16.0. The van der Waals surface area contributed by atoms with Crippen LogP contribution in [-0.2, 0) is 4.79 Å². The second-order valence-corrected chi connectivity index (χ2v) is 5.26. The van der Waals surface area contributed by atoms with E-state index >= 15 is 0 Å². The lowest BCUT2D eigenvalue weighted by Gasteiger charge is -2.30. The fourth-order valence-electron chi connectivity index (χ4n) is 2.26. The molecule has 1 saturated heterocycles. The van der Waals surface area contributed by atoms with E-state index in [1.807, 2.05) is 0 Å². The Morgan fingerprint density at radius 3 is 2.70 bits per heavy atom. The second-order valence-electron chi connectivity index (χ2n) is 5.26. The molecule has 1 fully saturated rings. The van der Waals surface area contributed by atoms with Gasteiger partial charge in [0, 0.05) is 18.7 Å². The predicted octanol–water partition coefficient (Wildman–Crippen LogP) is 1.81. The van der Waals surface area contributed by atoms with Gasteiger partial charge in [-0.3, -0.25) is 9.59 Å². The summed E-state index contributed by atoms with van der Waals surface area (Å²) in [5, 5.41) is 2.54. The average molecular weight is 278 g/mol. The first-order chi connectivity index (χ1) is 9.56. The highest BCUT2D eigenvalue weighted by Crippen LogP contribution is 2.15. The Balaban J connectivity index is 1.82. The number of piperidine rings is 1. The average Bonchev–Trinajstić information content (AvgIpc) is 2.45. The number of hydrogen-bond donors (Lipinski definition) is 1. The van der Waals surface area contributed by atoms with Gasteiger partial charge in [0.1, 0.15) is 5.82 Å². The van der Waals surface area contributed by atoms with Crippen LogP contribution in [0.4, 0.5) is 4.39 Å². The van der Waals surface area contributed by atoms with E-state index in [0.29, 0.717) is 5.92 Å². The number of amides is 2. The van der Waals surface area contributed by atoms with Gasteiger partial charge in [-0.1, -0.05) is 13.0 Å². The van der Waals surface area contributed by atoms with Crippen LogP contribution in [-0.4, -0.2) is 36.3 Å². The van der Waals surface area contributed by atoms with Crippen molar-refractivity contribution in [2.75, 3.05) is 19.6 Å². The molecule has 0 radical (unpaired) electrons. The predicted molar refractivity (Wildman–Crippen MR) is 73.7 cm³/mol. The van der Waals surface area contributed by atoms with Crippen molar-refractivity contribution in [3.8, 4) is 0 Å². The topological polar surface area (TPSA) is 49.4 Å². The maximum Gasteiger partial charge on any atom is 0.251 e. The Labute approximate surface area is 118 Å². The molecule has 2 amide bonds. The highest BCUT2D eigenvalue weighted by Gasteiger charge is 2.20. The minimum atomic E-state index is -0.464. The molecule has 1 aliphatic rings. The number of carbonyl (C=O) groups is 2. The van der Waals surface area contributed by atoms with Gasteiger partial charge in [-0.15, -0.1) is 0 Å². The van der Waals surface area contributed by atoms with Crippen molar-refractivity contribution in [2.45, 2.75) is 19.8 Å². The van der Waals surface area contributed by atoms with Gasteiger partial charge in [0.05, 0.1) is 6.54 Å². The van der Waals surface area contributed by atoms with Crippen molar-refractivity contribution >= 4 is 11.8 Å². The largest absolute Gasteiger partial charge is 0.343 e. The Hall–Kier alpha value is -1.91. The fraction of sp³-hybridized carbons (Fsp3) is 0.467. The third-order valence-corrected chi connectivity index (χ3v) is 3.62. The third-order valence-electron chi connectivity index (χ3n) is 3.62. The zero-order chi connectivity index (χ0) is 14.5. The Kier molecular flexibility index (Phi) is 4.71.